The van der Waals surface area contributed by atoms with E-state index in [1.54, 1.807) is 13.0 Å². The summed E-state index contributed by atoms with van der Waals surface area (Å²) in [4.78, 5) is 15.3. The summed E-state index contributed by atoms with van der Waals surface area (Å²) in [5.41, 5.74) is -0.613. The third-order valence-corrected chi connectivity index (χ3v) is 2.72. The quantitative estimate of drug-likeness (QED) is 0.880. The summed E-state index contributed by atoms with van der Waals surface area (Å²) in [5, 5.41) is 2.63. The predicted octanol–water partition coefficient (Wildman–Crippen LogP) is 2.66. The molecule has 0 radical (unpaired) electrons. The number of hydrogen-bond acceptors (Lipinski definition) is 2. The number of halogens is 3. The van der Waals surface area contributed by atoms with Crippen LogP contribution < -0.4 is 5.32 Å². The van der Waals surface area contributed by atoms with Crippen molar-refractivity contribution >= 4 is 11.6 Å². The Bertz CT molecular complexity index is 660. The van der Waals surface area contributed by atoms with E-state index < -0.39 is 11.9 Å². The lowest BCUT2D eigenvalue weighted by Crippen LogP contribution is -2.30. The smallest absolute Gasteiger partial charge is 0.346 e. The molecule has 20 heavy (non-hydrogen) atoms. The number of nitrogens with zero attached hydrogens (tertiary/aromatic N) is 2. The molecule has 0 aliphatic carbocycles. The number of hydrogen-bond donors (Lipinski definition) is 1. The first-order valence-electron chi connectivity index (χ1n) is 5.80. The van der Waals surface area contributed by atoms with Gasteiger partial charge in [0.15, 0.2) is 5.69 Å². The molecular weight excluding hydrogens is 271 g/mol. The molecule has 1 unspecified atom stereocenters. The summed E-state index contributed by atoms with van der Waals surface area (Å²) in [6.07, 6.45) is -0.799. The van der Waals surface area contributed by atoms with Crippen molar-refractivity contribution in [3.8, 4) is 0 Å². The Hall–Kier alpha value is -2.31. The summed E-state index contributed by atoms with van der Waals surface area (Å²) in [5.74, 6) is -0.387. The van der Waals surface area contributed by atoms with Crippen molar-refractivity contribution < 1.29 is 18.0 Å². The standard InChI is InChI=1S/C13H12F3N3O/c1-3-8(2)17-12(20)9-4-5-11-18-10(13(14,15)16)7-19(11)6-9/h3-8H,1H2,2H3,(H,17,20). The summed E-state index contributed by atoms with van der Waals surface area (Å²) in [6.45, 7) is 5.27. The Kier molecular flexibility index (Phi) is 3.52. The van der Waals surface area contributed by atoms with Crippen molar-refractivity contribution in [3.05, 3.63) is 48.4 Å². The maximum atomic E-state index is 12.5. The van der Waals surface area contributed by atoms with E-state index in [2.05, 4.69) is 16.9 Å². The van der Waals surface area contributed by atoms with Gasteiger partial charge < -0.3 is 9.72 Å². The van der Waals surface area contributed by atoms with Crippen LogP contribution in [0.25, 0.3) is 5.65 Å². The van der Waals surface area contributed by atoms with Gasteiger partial charge in [-0.15, -0.1) is 6.58 Å². The molecule has 1 atom stereocenters. The SMILES string of the molecule is C=CC(C)NC(=O)c1ccc2nc(C(F)(F)F)cn2c1. The number of pyridine rings is 1. The molecule has 0 aliphatic rings. The fourth-order valence-corrected chi connectivity index (χ4v) is 1.61. The van der Waals surface area contributed by atoms with Crippen molar-refractivity contribution in [2.75, 3.05) is 0 Å². The monoisotopic (exact) mass is 283 g/mol. The van der Waals surface area contributed by atoms with E-state index in [0.717, 1.165) is 6.20 Å². The zero-order valence-electron chi connectivity index (χ0n) is 10.6. The van der Waals surface area contributed by atoms with Crippen LogP contribution in [0.1, 0.15) is 23.0 Å². The second kappa shape index (κ2) is 4.99. The number of carbonyl (C=O) groups is 1. The second-order valence-corrected chi connectivity index (χ2v) is 4.30. The lowest BCUT2D eigenvalue weighted by atomic mass is 10.2. The fraction of sp³-hybridized carbons (Fsp3) is 0.231. The molecule has 2 heterocycles. The van der Waals surface area contributed by atoms with Gasteiger partial charge in [-0.2, -0.15) is 13.2 Å². The number of fused-ring (bicyclic) bond motifs is 1. The highest BCUT2D eigenvalue weighted by Crippen LogP contribution is 2.28. The molecule has 0 aliphatic heterocycles. The Labute approximate surface area is 112 Å². The number of amides is 1. The van der Waals surface area contributed by atoms with E-state index in [-0.39, 0.29) is 23.2 Å². The number of nitrogens with one attached hydrogen (secondary N) is 1. The van der Waals surface area contributed by atoms with Gasteiger partial charge in [-0.05, 0) is 19.1 Å². The Balaban J connectivity index is 2.34. The molecule has 1 amide bonds. The van der Waals surface area contributed by atoms with E-state index in [1.165, 1.54) is 22.7 Å². The summed E-state index contributed by atoms with van der Waals surface area (Å²) in [7, 11) is 0. The normalized spacial score (nSPS) is 13.2. The molecule has 0 aromatic carbocycles. The highest BCUT2D eigenvalue weighted by atomic mass is 19.4. The minimum Gasteiger partial charge on any atom is -0.346 e. The average Bonchev–Trinajstić information content (AvgIpc) is 2.81. The van der Waals surface area contributed by atoms with Crippen LogP contribution in [0, 0.1) is 0 Å². The van der Waals surface area contributed by atoms with Gasteiger partial charge in [0.05, 0.1) is 5.56 Å². The van der Waals surface area contributed by atoms with Crippen LogP contribution in [0.15, 0.2) is 37.2 Å². The minimum atomic E-state index is -4.51. The molecule has 0 fully saturated rings. The van der Waals surface area contributed by atoms with Gasteiger partial charge >= 0.3 is 6.18 Å². The van der Waals surface area contributed by atoms with Crippen LogP contribution >= 0.6 is 0 Å². The molecular formula is C13H12F3N3O. The lowest BCUT2D eigenvalue weighted by Gasteiger charge is -2.09. The van der Waals surface area contributed by atoms with Crippen LogP contribution in [-0.4, -0.2) is 21.3 Å². The van der Waals surface area contributed by atoms with E-state index in [1.807, 2.05) is 0 Å². The molecule has 4 nitrogen and oxygen atoms in total. The zero-order valence-corrected chi connectivity index (χ0v) is 10.6. The highest BCUT2D eigenvalue weighted by Gasteiger charge is 2.33. The van der Waals surface area contributed by atoms with Crippen molar-refractivity contribution in [3.63, 3.8) is 0 Å². The van der Waals surface area contributed by atoms with Crippen molar-refractivity contribution in [1.82, 2.24) is 14.7 Å². The Morgan fingerprint density at radius 1 is 1.45 bits per heavy atom. The molecule has 0 bridgehead atoms. The van der Waals surface area contributed by atoms with Gasteiger partial charge in [0.25, 0.3) is 5.91 Å². The van der Waals surface area contributed by atoms with Gasteiger partial charge in [-0.25, -0.2) is 4.98 Å². The third kappa shape index (κ3) is 2.81. The van der Waals surface area contributed by atoms with Crippen molar-refractivity contribution in [1.29, 1.82) is 0 Å². The van der Waals surface area contributed by atoms with Crippen molar-refractivity contribution in [2.24, 2.45) is 0 Å². The Morgan fingerprint density at radius 3 is 2.75 bits per heavy atom. The van der Waals surface area contributed by atoms with E-state index in [4.69, 9.17) is 0 Å². The van der Waals surface area contributed by atoms with Crippen LogP contribution in [0.2, 0.25) is 0 Å². The maximum absolute atomic E-state index is 12.5. The minimum absolute atomic E-state index is 0.130. The first-order valence-corrected chi connectivity index (χ1v) is 5.80. The van der Waals surface area contributed by atoms with Gasteiger partial charge in [0.1, 0.15) is 5.65 Å². The first-order chi connectivity index (χ1) is 9.31. The average molecular weight is 283 g/mol. The molecule has 7 heteroatoms. The van der Waals surface area contributed by atoms with Crippen LogP contribution in [-0.2, 0) is 6.18 Å². The number of alkyl halides is 3. The molecule has 0 spiro atoms. The van der Waals surface area contributed by atoms with E-state index in [9.17, 15) is 18.0 Å². The molecule has 106 valence electrons. The fourth-order valence-electron chi connectivity index (χ4n) is 1.61. The second-order valence-electron chi connectivity index (χ2n) is 4.30. The summed E-state index contributed by atoms with van der Waals surface area (Å²) < 4.78 is 38.8. The number of aromatic nitrogens is 2. The van der Waals surface area contributed by atoms with Crippen LogP contribution in [0.5, 0.6) is 0 Å². The summed E-state index contributed by atoms with van der Waals surface area (Å²) in [6, 6.07) is 2.56. The van der Waals surface area contributed by atoms with E-state index >= 15 is 0 Å². The first kappa shape index (κ1) is 14.1. The third-order valence-electron chi connectivity index (χ3n) is 2.72. The van der Waals surface area contributed by atoms with E-state index in [0.29, 0.717) is 0 Å². The van der Waals surface area contributed by atoms with Gasteiger partial charge in [0.2, 0.25) is 0 Å². The summed E-state index contributed by atoms with van der Waals surface area (Å²) >= 11 is 0. The molecule has 0 saturated carbocycles. The Morgan fingerprint density at radius 2 is 2.15 bits per heavy atom. The topological polar surface area (TPSA) is 46.4 Å². The predicted molar refractivity (Wildman–Crippen MR) is 67.3 cm³/mol. The number of carbonyl (C=O) groups excluding carboxylic acids is 1. The number of rotatable bonds is 3. The van der Waals surface area contributed by atoms with Gasteiger partial charge in [0, 0.05) is 18.4 Å². The van der Waals surface area contributed by atoms with Gasteiger partial charge in [-0.3, -0.25) is 4.79 Å². The molecule has 1 N–H and O–H groups in total. The zero-order chi connectivity index (χ0) is 14.9. The maximum Gasteiger partial charge on any atom is 0.434 e. The van der Waals surface area contributed by atoms with Gasteiger partial charge in [-0.1, -0.05) is 6.08 Å². The van der Waals surface area contributed by atoms with Crippen molar-refractivity contribution in [2.45, 2.75) is 19.1 Å². The lowest BCUT2D eigenvalue weighted by molar-refractivity contribution is -0.140. The molecule has 2 rings (SSSR count). The highest BCUT2D eigenvalue weighted by molar-refractivity contribution is 5.94. The molecule has 2 aromatic rings. The van der Waals surface area contributed by atoms with Crippen LogP contribution in [0.3, 0.4) is 0 Å². The molecule has 2 aromatic heterocycles. The largest absolute Gasteiger partial charge is 0.434 e. The molecule has 0 saturated heterocycles. The van der Waals surface area contributed by atoms with Crippen LogP contribution in [0.4, 0.5) is 13.2 Å². The number of imidazole rings is 1.